The van der Waals surface area contributed by atoms with Crippen LogP contribution in [0.1, 0.15) is 58.9 Å². The van der Waals surface area contributed by atoms with Gasteiger partial charge in [-0.2, -0.15) is 0 Å². The fourth-order valence-corrected chi connectivity index (χ4v) is 4.34. The summed E-state index contributed by atoms with van der Waals surface area (Å²) in [7, 11) is 0. The third kappa shape index (κ3) is 3.57. The van der Waals surface area contributed by atoms with E-state index in [2.05, 4.69) is 22.4 Å². The first-order chi connectivity index (χ1) is 14.1. The van der Waals surface area contributed by atoms with Crippen LogP contribution in [0, 0.1) is 6.92 Å². The number of carbonyl (C=O) groups excluding carboxylic acids is 1. The van der Waals surface area contributed by atoms with E-state index >= 15 is 0 Å². The van der Waals surface area contributed by atoms with Crippen LogP contribution in [0.15, 0.2) is 30.3 Å². The molecule has 5 rings (SSSR count). The number of hydrogen-bond donors (Lipinski definition) is 1. The zero-order chi connectivity index (χ0) is 19.8. The van der Waals surface area contributed by atoms with Crippen LogP contribution in [0.25, 0.3) is 0 Å². The van der Waals surface area contributed by atoms with Crippen molar-refractivity contribution in [1.82, 2.24) is 10.3 Å². The molecule has 6 nitrogen and oxygen atoms in total. The number of benzene rings is 1. The summed E-state index contributed by atoms with van der Waals surface area (Å²) in [5.74, 6) is 1.95. The Morgan fingerprint density at radius 1 is 1.14 bits per heavy atom. The van der Waals surface area contributed by atoms with Crippen LogP contribution in [0.5, 0.6) is 11.5 Å². The number of aromatic nitrogens is 1. The smallest absolute Gasteiger partial charge is 0.253 e. The first-order valence-corrected chi connectivity index (χ1v) is 10.4. The highest BCUT2D eigenvalue weighted by atomic mass is 16.7. The Bertz CT molecular complexity index is 932. The van der Waals surface area contributed by atoms with Gasteiger partial charge in [0, 0.05) is 36.8 Å². The highest BCUT2D eigenvalue weighted by molar-refractivity contribution is 5.95. The van der Waals surface area contributed by atoms with Gasteiger partial charge in [-0.15, -0.1) is 0 Å². The minimum atomic E-state index is -0.174. The van der Waals surface area contributed by atoms with E-state index < -0.39 is 0 Å². The van der Waals surface area contributed by atoms with Gasteiger partial charge in [0.05, 0.1) is 11.3 Å². The van der Waals surface area contributed by atoms with Crippen molar-refractivity contribution in [3.63, 3.8) is 0 Å². The molecular formula is C23H26N2O4. The summed E-state index contributed by atoms with van der Waals surface area (Å²) >= 11 is 0. The standard InChI is InChI=1S/C23H26N2O4/c1-15-2-6-18(21(25-15)16-3-4-16)22(26)24-13-23(8-10-27-11-9-23)17-5-7-19-20(12-17)29-14-28-19/h2,5-7,12,16H,3-4,8-11,13-14H2,1H3,(H,24,26). The molecule has 2 fully saturated rings. The molecule has 0 spiro atoms. The largest absolute Gasteiger partial charge is 0.454 e. The number of fused-ring (bicyclic) bond motifs is 1. The zero-order valence-corrected chi connectivity index (χ0v) is 16.7. The average molecular weight is 394 g/mol. The number of nitrogens with one attached hydrogen (secondary N) is 1. The average Bonchev–Trinajstić information content (AvgIpc) is 3.49. The lowest BCUT2D eigenvalue weighted by Crippen LogP contribution is -2.44. The number of pyridine rings is 1. The van der Waals surface area contributed by atoms with E-state index in [0.29, 0.717) is 31.2 Å². The summed E-state index contributed by atoms with van der Waals surface area (Å²) < 4.78 is 16.7. The topological polar surface area (TPSA) is 69.7 Å². The molecule has 0 atom stereocenters. The van der Waals surface area contributed by atoms with Crippen LogP contribution >= 0.6 is 0 Å². The van der Waals surface area contributed by atoms with Gasteiger partial charge in [-0.3, -0.25) is 9.78 Å². The fourth-order valence-electron chi connectivity index (χ4n) is 4.34. The lowest BCUT2D eigenvalue weighted by atomic mass is 9.74. The van der Waals surface area contributed by atoms with Crippen molar-refractivity contribution >= 4 is 5.91 Å². The lowest BCUT2D eigenvalue weighted by molar-refractivity contribution is 0.0486. The molecule has 152 valence electrons. The summed E-state index contributed by atoms with van der Waals surface area (Å²) in [6.07, 6.45) is 3.95. The van der Waals surface area contributed by atoms with E-state index in [1.165, 1.54) is 0 Å². The van der Waals surface area contributed by atoms with Gasteiger partial charge in [0.25, 0.3) is 5.91 Å². The minimum Gasteiger partial charge on any atom is -0.454 e. The molecule has 0 radical (unpaired) electrons. The molecule has 1 saturated carbocycles. The van der Waals surface area contributed by atoms with Crippen molar-refractivity contribution < 1.29 is 19.0 Å². The van der Waals surface area contributed by atoms with Crippen LogP contribution in [-0.4, -0.2) is 37.4 Å². The Kier molecular flexibility index (Phi) is 4.66. The molecule has 29 heavy (non-hydrogen) atoms. The predicted octanol–water partition coefficient (Wildman–Crippen LogP) is 3.47. The number of ether oxygens (including phenoxy) is 3. The Morgan fingerprint density at radius 3 is 2.72 bits per heavy atom. The van der Waals surface area contributed by atoms with E-state index in [0.717, 1.165) is 54.1 Å². The number of hydrogen-bond acceptors (Lipinski definition) is 5. The van der Waals surface area contributed by atoms with Crippen LogP contribution in [0.3, 0.4) is 0 Å². The molecule has 1 aromatic heterocycles. The molecule has 2 aromatic rings. The van der Waals surface area contributed by atoms with Gasteiger partial charge in [-0.25, -0.2) is 0 Å². The molecule has 1 N–H and O–H groups in total. The van der Waals surface area contributed by atoms with E-state index in [9.17, 15) is 4.79 Å². The quantitative estimate of drug-likeness (QED) is 0.841. The van der Waals surface area contributed by atoms with Crippen molar-refractivity contribution in [3.05, 3.63) is 52.8 Å². The molecule has 3 heterocycles. The van der Waals surface area contributed by atoms with E-state index in [1.807, 2.05) is 25.1 Å². The van der Waals surface area contributed by atoms with Crippen molar-refractivity contribution in [3.8, 4) is 11.5 Å². The SMILES string of the molecule is Cc1ccc(C(=O)NCC2(c3ccc4c(c3)OCO4)CCOCC2)c(C2CC2)n1. The van der Waals surface area contributed by atoms with Crippen LogP contribution < -0.4 is 14.8 Å². The van der Waals surface area contributed by atoms with Crippen LogP contribution in [-0.2, 0) is 10.2 Å². The Morgan fingerprint density at radius 2 is 1.93 bits per heavy atom. The number of carbonyl (C=O) groups is 1. The second-order valence-corrected chi connectivity index (χ2v) is 8.30. The first kappa shape index (κ1) is 18.4. The van der Waals surface area contributed by atoms with E-state index in [1.54, 1.807) is 0 Å². The van der Waals surface area contributed by atoms with Gasteiger partial charge in [-0.1, -0.05) is 6.07 Å². The monoisotopic (exact) mass is 394 g/mol. The molecule has 6 heteroatoms. The second-order valence-electron chi connectivity index (χ2n) is 8.30. The summed E-state index contributed by atoms with van der Waals surface area (Å²) in [6.45, 7) is 4.17. The minimum absolute atomic E-state index is 0.0361. The summed E-state index contributed by atoms with van der Waals surface area (Å²) in [5.41, 5.74) is 3.62. The molecule has 1 saturated heterocycles. The van der Waals surface area contributed by atoms with Gasteiger partial charge >= 0.3 is 0 Å². The van der Waals surface area contributed by atoms with Gasteiger partial charge < -0.3 is 19.5 Å². The zero-order valence-electron chi connectivity index (χ0n) is 16.7. The maximum absolute atomic E-state index is 13.1. The number of rotatable bonds is 5. The highest BCUT2D eigenvalue weighted by Gasteiger charge is 2.37. The maximum Gasteiger partial charge on any atom is 0.253 e. The fraction of sp³-hybridized carbons (Fsp3) is 0.478. The summed E-state index contributed by atoms with van der Waals surface area (Å²) in [6, 6.07) is 9.95. The Balaban J connectivity index is 1.39. The van der Waals surface area contributed by atoms with Crippen molar-refractivity contribution in [2.45, 2.75) is 43.9 Å². The predicted molar refractivity (Wildman–Crippen MR) is 108 cm³/mol. The second kappa shape index (κ2) is 7.34. The van der Waals surface area contributed by atoms with Crippen LogP contribution in [0.4, 0.5) is 0 Å². The number of amides is 1. The van der Waals surface area contributed by atoms with Gasteiger partial charge in [0.2, 0.25) is 6.79 Å². The summed E-state index contributed by atoms with van der Waals surface area (Å²) in [4.78, 5) is 17.7. The van der Waals surface area contributed by atoms with Gasteiger partial charge in [0.1, 0.15) is 0 Å². The van der Waals surface area contributed by atoms with Crippen molar-refractivity contribution in [1.29, 1.82) is 0 Å². The lowest BCUT2D eigenvalue weighted by Gasteiger charge is -2.38. The van der Waals surface area contributed by atoms with Gasteiger partial charge in [0.15, 0.2) is 11.5 Å². The van der Waals surface area contributed by atoms with E-state index in [4.69, 9.17) is 14.2 Å². The molecule has 0 unspecified atom stereocenters. The highest BCUT2D eigenvalue weighted by Crippen LogP contribution is 2.42. The molecular weight excluding hydrogens is 368 g/mol. The number of aryl methyl sites for hydroxylation is 1. The molecule has 1 aromatic carbocycles. The molecule has 0 bridgehead atoms. The normalized spacial score (nSPS) is 19.8. The Hall–Kier alpha value is -2.60. The molecule has 2 aliphatic heterocycles. The molecule has 1 aliphatic carbocycles. The maximum atomic E-state index is 13.1. The first-order valence-electron chi connectivity index (χ1n) is 10.4. The third-order valence-electron chi connectivity index (χ3n) is 6.29. The molecule has 1 amide bonds. The van der Waals surface area contributed by atoms with E-state index in [-0.39, 0.29) is 18.1 Å². The molecule has 3 aliphatic rings. The summed E-state index contributed by atoms with van der Waals surface area (Å²) in [5, 5.41) is 3.21. The Labute approximate surface area is 170 Å². The van der Waals surface area contributed by atoms with Crippen molar-refractivity contribution in [2.24, 2.45) is 0 Å². The van der Waals surface area contributed by atoms with Crippen LogP contribution in [0.2, 0.25) is 0 Å². The number of nitrogens with zero attached hydrogens (tertiary/aromatic N) is 1. The van der Waals surface area contributed by atoms with Crippen molar-refractivity contribution in [2.75, 3.05) is 26.6 Å². The third-order valence-corrected chi connectivity index (χ3v) is 6.29. The van der Waals surface area contributed by atoms with Gasteiger partial charge in [-0.05, 0) is 62.4 Å².